The van der Waals surface area contributed by atoms with Crippen molar-refractivity contribution in [1.29, 1.82) is 0 Å². The predicted molar refractivity (Wildman–Crippen MR) is 111 cm³/mol. The molecule has 4 aromatic rings. The number of imidazole rings is 1. The van der Waals surface area contributed by atoms with Crippen LogP contribution in [0.1, 0.15) is 5.56 Å². The highest BCUT2D eigenvalue weighted by Crippen LogP contribution is 2.30. The van der Waals surface area contributed by atoms with Crippen molar-refractivity contribution < 1.29 is 9.90 Å². The van der Waals surface area contributed by atoms with E-state index in [4.69, 9.17) is 27.4 Å². The van der Waals surface area contributed by atoms with Gasteiger partial charge in [-0.05, 0) is 48.4 Å². The largest absolute Gasteiger partial charge is 0.465 e. The lowest BCUT2D eigenvalue weighted by atomic mass is 10.1. The third kappa shape index (κ3) is 3.83. The monoisotopic (exact) mass is 408 g/mol. The van der Waals surface area contributed by atoms with Crippen LogP contribution in [0.15, 0.2) is 54.7 Å². The van der Waals surface area contributed by atoms with Crippen molar-refractivity contribution in [3.05, 3.63) is 65.4 Å². The van der Waals surface area contributed by atoms with Gasteiger partial charge in [-0.1, -0.05) is 23.7 Å². The van der Waals surface area contributed by atoms with Gasteiger partial charge in [0.1, 0.15) is 16.5 Å². The van der Waals surface area contributed by atoms with Crippen LogP contribution in [0, 0.1) is 0 Å². The van der Waals surface area contributed by atoms with Gasteiger partial charge in [0.15, 0.2) is 11.5 Å². The summed E-state index contributed by atoms with van der Waals surface area (Å²) in [6, 6.07) is 14.9. The lowest BCUT2D eigenvalue weighted by Crippen LogP contribution is -2.23. The first-order chi connectivity index (χ1) is 14.0. The SMILES string of the molecule is Nc1ncccc1-c1nc2ccc(Cl)nc2n1-c1ccc(CCNC(=O)O)cc1. The van der Waals surface area contributed by atoms with Crippen LogP contribution in [0.4, 0.5) is 10.6 Å². The lowest BCUT2D eigenvalue weighted by Gasteiger charge is -2.11. The van der Waals surface area contributed by atoms with Crippen molar-refractivity contribution in [2.24, 2.45) is 0 Å². The fraction of sp³-hybridized carbons (Fsp3) is 0.100. The Morgan fingerprint density at radius 2 is 1.93 bits per heavy atom. The van der Waals surface area contributed by atoms with Gasteiger partial charge in [-0.15, -0.1) is 0 Å². The first-order valence-corrected chi connectivity index (χ1v) is 9.22. The number of rotatable bonds is 5. The van der Waals surface area contributed by atoms with Gasteiger partial charge in [-0.25, -0.2) is 19.7 Å². The summed E-state index contributed by atoms with van der Waals surface area (Å²) in [5.41, 5.74) is 9.90. The number of hydrogen-bond acceptors (Lipinski definition) is 5. The van der Waals surface area contributed by atoms with Crippen LogP contribution in [0.3, 0.4) is 0 Å². The molecule has 3 heterocycles. The molecule has 0 fully saturated rings. The van der Waals surface area contributed by atoms with Gasteiger partial charge in [0.2, 0.25) is 0 Å². The second-order valence-corrected chi connectivity index (χ2v) is 6.72. The van der Waals surface area contributed by atoms with Crippen LogP contribution < -0.4 is 11.1 Å². The molecule has 1 amide bonds. The highest BCUT2D eigenvalue weighted by atomic mass is 35.5. The summed E-state index contributed by atoms with van der Waals surface area (Å²) < 4.78 is 1.88. The number of nitrogens with zero attached hydrogens (tertiary/aromatic N) is 4. The Balaban J connectivity index is 1.80. The fourth-order valence-electron chi connectivity index (χ4n) is 3.09. The molecule has 1 aromatic carbocycles. The topological polar surface area (TPSA) is 119 Å². The van der Waals surface area contributed by atoms with Gasteiger partial charge in [0.25, 0.3) is 0 Å². The van der Waals surface area contributed by atoms with Crippen LogP contribution in [-0.4, -0.2) is 37.3 Å². The second-order valence-electron chi connectivity index (χ2n) is 6.33. The van der Waals surface area contributed by atoms with Gasteiger partial charge in [0.05, 0.1) is 5.56 Å². The zero-order valence-corrected chi connectivity index (χ0v) is 16.0. The van der Waals surface area contributed by atoms with E-state index in [2.05, 4.69) is 15.3 Å². The average molecular weight is 409 g/mol. The van der Waals surface area contributed by atoms with Gasteiger partial charge in [-0.2, -0.15) is 0 Å². The normalized spacial score (nSPS) is 10.9. The number of nitrogen functional groups attached to an aromatic ring is 1. The zero-order valence-electron chi connectivity index (χ0n) is 15.2. The number of hydrogen-bond donors (Lipinski definition) is 3. The van der Waals surface area contributed by atoms with Gasteiger partial charge in [0, 0.05) is 18.4 Å². The molecule has 146 valence electrons. The quantitative estimate of drug-likeness (QED) is 0.434. The molecule has 9 heteroatoms. The van der Waals surface area contributed by atoms with Crippen molar-refractivity contribution in [3.8, 4) is 17.1 Å². The standard InChI is InChI=1S/C20H17ClN6O2/c21-16-8-7-15-19(26-16)27(18(25-15)14-2-1-10-23-17(14)22)13-5-3-12(4-6-13)9-11-24-20(28)29/h1-8,10,24H,9,11H2,(H2,22,23)(H,28,29). The molecule has 3 aromatic heterocycles. The first kappa shape index (κ1) is 18.7. The summed E-state index contributed by atoms with van der Waals surface area (Å²) in [5, 5.41) is 11.4. The third-order valence-electron chi connectivity index (χ3n) is 4.43. The molecule has 8 nitrogen and oxygen atoms in total. The van der Waals surface area contributed by atoms with Crippen LogP contribution in [0.25, 0.3) is 28.2 Å². The predicted octanol–water partition coefficient (Wildman–Crippen LogP) is 3.53. The fourth-order valence-corrected chi connectivity index (χ4v) is 3.23. The average Bonchev–Trinajstić information content (AvgIpc) is 3.07. The van der Waals surface area contributed by atoms with Crippen molar-refractivity contribution in [2.75, 3.05) is 12.3 Å². The molecule has 0 atom stereocenters. The Labute approximate surface area is 171 Å². The van der Waals surface area contributed by atoms with Gasteiger partial charge >= 0.3 is 6.09 Å². The maximum absolute atomic E-state index is 10.6. The van der Waals surface area contributed by atoms with E-state index < -0.39 is 6.09 Å². The number of carboxylic acid groups (broad SMARTS) is 1. The van der Waals surface area contributed by atoms with E-state index in [0.717, 1.165) is 11.3 Å². The summed E-state index contributed by atoms with van der Waals surface area (Å²) in [6.07, 6.45) is 1.18. The molecule has 4 N–H and O–H groups in total. The number of anilines is 1. The van der Waals surface area contributed by atoms with Crippen LogP contribution in [-0.2, 0) is 6.42 Å². The van der Waals surface area contributed by atoms with E-state index in [9.17, 15) is 4.79 Å². The zero-order chi connectivity index (χ0) is 20.4. The summed E-state index contributed by atoms with van der Waals surface area (Å²) in [5.74, 6) is 0.979. The minimum Gasteiger partial charge on any atom is -0.465 e. The number of nitrogens with two attached hydrogens (primary N) is 1. The summed E-state index contributed by atoms with van der Waals surface area (Å²) in [4.78, 5) is 23.9. The highest BCUT2D eigenvalue weighted by Gasteiger charge is 2.18. The Kier molecular flexibility index (Phi) is 5.01. The number of aromatic nitrogens is 4. The van der Waals surface area contributed by atoms with E-state index in [1.54, 1.807) is 18.3 Å². The van der Waals surface area contributed by atoms with Gasteiger partial charge in [-0.3, -0.25) is 4.57 Å². The third-order valence-corrected chi connectivity index (χ3v) is 4.64. The molecule has 0 aliphatic heterocycles. The van der Waals surface area contributed by atoms with E-state index in [0.29, 0.717) is 46.5 Å². The molecule has 0 bridgehead atoms. The van der Waals surface area contributed by atoms with Crippen molar-refractivity contribution in [1.82, 2.24) is 24.8 Å². The molecule has 0 unspecified atom stereocenters. The van der Waals surface area contributed by atoms with E-state index >= 15 is 0 Å². The first-order valence-electron chi connectivity index (χ1n) is 8.85. The van der Waals surface area contributed by atoms with Crippen molar-refractivity contribution >= 4 is 34.7 Å². The Morgan fingerprint density at radius 1 is 1.14 bits per heavy atom. The molecule has 0 saturated carbocycles. The molecule has 0 saturated heterocycles. The van der Waals surface area contributed by atoms with Crippen LogP contribution in [0.2, 0.25) is 5.15 Å². The second kappa shape index (κ2) is 7.76. The summed E-state index contributed by atoms with van der Waals surface area (Å²) >= 11 is 6.13. The summed E-state index contributed by atoms with van der Waals surface area (Å²) in [6.45, 7) is 0.345. The van der Waals surface area contributed by atoms with E-state index in [-0.39, 0.29) is 0 Å². The molecule has 0 spiro atoms. The minimum absolute atomic E-state index is 0.345. The van der Waals surface area contributed by atoms with E-state index in [1.807, 2.05) is 41.0 Å². The number of fused-ring (bicyclic) bond motifs is 1. The Bertz CT molecular complexity index is 1190. The van der Waals surface area contributed by atoms with Crippen LogP contribution >= 0.6 is 11.6 Å². The van der Waals surface area contributed by atoms with Crippen LogP contribution in [0.5, 0.6) is 0 Å². The lowest BCUT2D eigenvalue weighted by molar-refractivity contribution is 0.194. The Hall–Kier alpha value is -3.65. The maximum Gasteiger partial charge on any atom is 0.404 e. The molecule has 29 heavy (non-hydrogen) atoms. The number of amides is 1. The molecular formula is C20H17ClN6O2. The highest BCUT2D eigenvalue weighted by molar-refractivity contribution is 6.29. The molecular weight excluding hydrogens is 392 g/mol. The number of pyridine rings is 2. The summed E-state index contributed by atoms with van der Waals surface area (Å²) in [7, 11) is 0. The molecule has 0 radical (unpaired) electrons. The molecule has 0 aliphatic carbocycles. The van der Waals surface area contributed by atoms with Gasteiger partial charge < -0.3 is 16.2 Å². The molecule has 0 aliphatic rings. The number of benzene rings is 1. The van der Waals surface area contributed by atoms with Crippen molar-refractivity contribution in [2.45, 2.75) is 6.42 Å². The Morgan fingerprint density at radius 3 is 2.66 bits per heavy atom. The number of nitrogens with one attached hydrogen (secondary N) is 1. The maximum atomic E-state index is 10.6. The van der Waals surface area contributed by atoms with E-state index in [1.165, 1.54) is 0 Å². The number of halogens is 1. The number of carbonyl (C=O) groups is 1. The minimum atomic E-state index is -1.03. The molecule has 4 rings (SSSR count). The smallest absolute Gasteiger partial charge is 0.404 e. The van der Waals surface area contributed by atoms with Crippen molar-refractivity contribution in [3.63, 3.8) is 0 Å².